The van der Waals surface area contributed by atoms with E-state index in [0.717, 1.165) is 10.1 Å². The number of hydrogen-bond acceptors (Lipinski definition) is 3. The maximum absolute atomic E-state index is 10.5. The molecular formula is C4H10ClNO2S2. The van der Waals surface area contributed by atoms with Crippen LogP contribution in [0.15, 0.2) is 0 Å². The predicted octanol–water partition coefficient (Wildman–Crippen LogP) is 0.765. The molecule has 0 saturated heterocycles. The van der Waals surface area contributed by atoms with Gasteiger partial charge in [-0.25, -0.2) is 0 Å². The van der Waals surface area contributed by atoms with Crippen LogP contribution in [0.4, 0.5) is 0 Å². The molecule has 62 valence electrons. The first kappa shape index (κ1) is 10.6. The topological polar surface area (TPSA) is 37.4 Å². The van der Waals surface area contributed by atoms with E-state index in [-0.39, 0.29) is 0 Å². The zero-order valence-electron chi connectivity index (χ0n) is 5.87. The van der Waals surface area contributed by atoms with Crippen LogP contribution in [0.1, 0.15) is 0 Å². The molecule has 6 heteroatoms. The lowest BCUT2D eigenvalue weighted by Crippen LogP contribution is -2.24. The van der Waals surface area contributed by atoms with E-state index in [9.17, 15) is 8.42 Å². The fourth-order valence-electron chi connectivity index (χ4n) is 0.329. The molecular weight excluding hydrogens is 194 g/mol. The number of thioether (sulfide) groups is 1. The van der Waals surface area contributed by atoms with Crippen molar-refractivity contribution in [2.75, 3.05) is 25.6 Å². The van der Waals surface area contributed by atoms with Crippen LogP contribution >= 0.6 is 22.4 Å². The van der Waals surface area contributed by atoms with Crippen molar-refractivity contribution in [1.82, 2.24) is 4.31 Å². The lowest BCUT2D eigenvalue weighted by atomic mass is 10.8. The molecule has 0 atom stereocenters. The van der Waals surface area contributed by atoms with Crippen molar-refractivity contribution in [3.63, 3.8) is 0 Å². The van der Waals surface area contributed by atoms with Gasteiger partial charge in [0.2, 0.25) is 0 Å². The Bertz CT molecular complexity index is 180. The molecule has 10 heavy (non-hydrogen) atoms. The van der Waals surface area contributed by atoms with E-state index >= 15 is 0 Å². The average Bonchev–Trinajstić information content (AvgIpc) is 1.80. The summed E-state index contributed by atoms with van der Waals surface area (Å²) in [5.74, 6) is 0.766. The van der Waals surface area contributed by atoms with Crippen molar-refractivity contribution >= 4 is 31.7 Å². The van der Waals surface area contributed by atoms with Crippen LogP contribution in [0.25, 0.3) is 0 Å². The molecule has 0 N–H and O–H groups in total. The third-order valence-corrected chi connectivity index (χ3v) is 3.21. The minimum absolute atomic E-state index is 0.465. The molecule has 0 fully saturated rings. The first-order valence-electron chi connectivity index (χ1n) is 2.63. The van der Waals surface area contributed by atoms with Gasteiger partial charge in [0.15, 0.2) is 0 Å². The third-order valence-electron chi connectivity index (χ3n) is 0.983. The maximum atomic E-state index is 10.5. The molecule has 0 bridgehead atoms. The largest absolute Gasteiger partial charge is 0.299 e. The predicted molar refractivity (Wildman–Crippen MR) is 45.8 cm³/mol. The summed E-state index contributed by atoms with van der Waals surface area (Å²) in [5, 5.41) is 0. The monoisotopic (exact) mass is 203 g/mol. The second kappa shape index (κ2) is 4.43. The normalized spacial score (nSPS) is 12.4. The summed E-state index contributed by atoms with van der Waals surface area (Å²) in [6, 6.07) is 0. The van der Waals surface area contributed by atoms with Crippen LogP contribution < -0.4 is 0 Å². The fourth-order valence-corrected chi connectivity index (χ4v) is 1.42. The molecule has 0 saturated carbocycles. The smallest absolute Gasteiger partial charge is 0.195 e. The SMILES string of the molecule is CSCCN(C)S(=O)(=O)Cl. The average molecular weight is 204 g/mol. The van der Waals surface area contributed by atoms with Gasteiger partial charge in [-0.2, -0.15) is 24.5 Å². The third kappa shape index (κ3) is 4.38. The van der Waals surface area contributed by atoms with Crippen molar-refractivity contribution < 1.29 is 8.42 Å². The lowest BCUT2D eigenvalue weighted by Gasteiger charge is -2.09. The van der Waals surface area contributed by atoms with E-state index in [1.54, 1.807) is 11.8 Å². The minimum atomic E-state index is -3.48. The highest BCUT2D eigenvalue weighted by Gasteiger charge is 2.11. The van der Waals surface area contributed by atoms with Crippen LogP contribution in [-0.4, -0.2) is 38.3 Å². The number of nitrogens with zero attached hydrogens (tertiary/aromatic N) is 1. The highest BCUT2D eigenvalue weighted by Crippen LogP contribution is 2.03. The van der Waals surface area contributed by atoms with Gasteiger partial charge in [0.05, 0.1) is 0 Å². The summed E-state index contributed by atoms with van der Waals surface area (Å²) in [5.41, 5.74) is 0. The fraction of sp³-hybridized carbons (Fsp3) is 1.00. The molecule has 0 aliphatic heterocycles. The van der Waals surface area contributed by atoms with Gasteiger partial charge in [-0.05, 0) is 6.26 Å². The Kier molecular flexibility index (Phi) is 4.68. The Hall–Kier alpha value is 0.550. The van der Waals surface area contributed by atoms with E-state index in [1.165, 1.54) is 7.05 Å². The Balaban J connectivity index is 3.75. The molecule has 0 aliphatic carbocycles. The van der Waals surface area contributed by atoms with Crippen LogP contribution in [0, 0.1) is 0 Å². The highest BCUT2D eigenvalue weighted by atomic mass is 35.7. The molecule has 3 nitrogen and oxygen atoms in total. The zero-order valence-corrected chi connectivity index (χ0v) is 8.26. The molecule has 0 amide bonds. The van der Waals surface area contributed by atoms with E-state index in [2.05, 4.69) is 0 Å². The van der Waals surface area contributed by atoms with Gasteiger partial charge >= 0.3 is 0 Å². The Labute approximate surface area is 70.3 Å². The van der Waals surface area contributed by atoms with Crippen LogP contribution in [-0.2, 0) is 9.24 Å². The van der Waals surface area contributed by atoms with Crippen molar-refractivity contribution in [3.05, 3.63) is 0 Å². The number of hydrogen-bond donors (Lipinski definition) is 0. The second-order valence-electron chi connectivity index (χ2n) is 1.76. The summed E-state index contributed by atoms with van der Waals surface area (Å²) in [6.07, 6.45) is 1.91. The highest BCUT2D eigenvalue weighted by molar-refractivity contribution is 8.11. The van der Waals surface area contributed by atoms with E-state index in [1.807, 2.05) is 6.26 Å². The first-order chi connectivity index (χ1) is 4.48. The first-order valence-corrected chi connectivity index (χ1v) is 6.29. The van der Waals surface area contributed by atoms with Crippen molar-refractivity contribution in [3.8, 4) is 0 Å². The zero-order chi connectivity index (χ0) is 8.20. The van der Waals surface area contributed by atoms with Gasteiger partial charge < -0.3 is 0 Å². The van der Waals surface area contributed by atoms with Gasteiger partial charge in [0.25, 0.3) is 9.24 Å². The van der Waals surface area contributed by atoms with E-state index in [4.69, 9.17) is 10.7 Å². The molecule has 0 aliphatic rings. The quantitative estimate of drug-likeness (QED) is 0.634. The molecule has 0 heterocycles. The maximum Gasteiger partial charge on any atom is 0.299 e. The summed E-state index contributed by atoms with van der Waals surface area (Å²) >= 11 is 1.58. The van der Waals surface area contributed by atoms with Gasteiger partial charge in [-0.1, -0.05) is 0 Å². The van der Waals surface area contributed by atoms with Gasteiger partial charge in [0, 0.05) is 30.0 Å². The Morgan fingerprint density at radius 2 is 2.10 bits per heavy atom. The molecule has 0 aromatic carbocycles. The summed E-state index contributed by atoms with van der Waals surface area (Å²) in [7, 11) is 2.98. The standard InChI is InChI=1S/C4H10ClNO2S2/c1-6(3-4-9-2)10(5,7)8/h3-4H2,1-2H3. The molecule has 0 aromatic rings. The lowest BCUT2D eigenvalue weighted by molar-refractivity contribution is 0.504. The second-order valence-corrected chi connectivity index (χ2v) is 5.36. The molecule has 0 spiro atoms. The molecule has 0 unspecified atom stereocenters. The van der Waals surface area contributed by atoms with Crippen LogP contribution in [0.2, 0.25) is 0 Å². The van der Waals surface area contributed by atoms with Gasteiger partial charge in [-0.3, -0.25) is 0 Å². The minimum Gasteiger partial charge on any atom is -0.195 e. The number of rotatable bonds is 4. The number of halogens is 1. The van der Waals surface area contributed by atoms with E-state index < -0.39 is 9.24 Å². The van der Waals surface area contributed by atoms with Crippen molar-refractivity contribution in [2.24, 2.45) is 0 Å². The van der Waals surface area contributed by atoms with Crippen LogP contribution in [0.3, 0.4) is 0 Å². The molecule has 0 rings (SSSR count). The summed E-state index contributed by atoms with van der Waals surface area (Å²) < 4.78 is 22.2. The summed E-state index contributed by atoms with van der Waals surface area (Å²) in [6.45, 7) is 0.465. The van der Waals surface area contributed by atoms with Crippen LogP contribution in [0.5, 0.6) is 0 Å². The van der Waals surface area contributed by atoms with Crippen molar-refractivity contribution in [2.45, 2.75) is 0 Å². The molecule has 0 radical (unpaired) electrons. The van der Waals surface area contributed by atoms with Gasteiger partial charge in [-0.15, -0.1) is 0 Å². The Morgan fingerprint density at radius 1 is 1.60 bits per heavy atom. The van der Waals surface area contributed by atoms with Crippen molar-refractivity contribution in [1.29, 1.82) is 0 Å². The molecule has 0 aromatic heterocycles. The van der Waals surface area contributed by atoms with E-state index in [0.29, 0.717) is 6.54 Å². The summed E-state index contributed by atoms with van der Waals surface area (Å²) in [4.78, 5) is 0. The Morgan fingerprint density at radius 3 is 2.40 bits per heavy atom. The van der Waals surface area contributed by atoms with Gasteiger partial charge in [0.1, 0.15) is 0 Å².